The van der Waals surface area contributed by atoms with E-state index in [1.54, 1.807) is 0 Å². The topological polar surface area (TPSA) is 29.5 Å². The van der Waals surface area contributed by atoms with Crippen molar-refractivity contribution in [2.45, 2.75) is 149 Å². The van der Waals surface area contributed by atoms with Crippen LogP contribution in [0.3, 0.4) is 0 Å². The monoisotopic (exact) mass is 394 g/mol. The molecule has 0 radical (unpaired) electrons. The van der Waals surface area contributed by atoms with Crippen molar-refractivity contribution in [3.8, 4) is 0 Å². The number of aliphatic hydroxyl groups is 1. The molecular weight excluding hydrogens is 343 g/mol. The van der Waals surface area contributed by atoms with Gasteiger partial charge in [0.25, 0.3) is 0 Å². The van der Waals surface area contributed by atoms with Crippen molar-refractivity contribution in [1.29, 1.82) is 0 Å². The molecule has 0 aromatic heterocycles. The van der Waals surface area contributed by atoms with Gasteiger partial charge in [-0.05, 0) is 19.3 Å². The summed E-state index contributed by atoms with van der Waals surface area (Å²) < 4.78 is 5.54. The maximum atomic E-state index is 9.87. The fourth-order valence-corrected chi connectivity index (χ4v) is 3.52. The number of hydrogen-bond donors (Lipinski definition) is 1. The fourth-order valence-electron chi connectivity index (χ4n) is 3.52. The fraction of sp³-hybridized carbons (Fsp3) is 1.00. The summed E-state index contributed by atoms with van der Waals surface area (Å²) in [5.74, 6) is 0. The first kappa shape index (κ1) is 30.1. The Morgan fingerprint density at radius 3 is 1.30 bits per heavy atom. The molecule has 160 valence electrons. The summed E-state index contributed by atoms with van der Waals surface area (Å²) in [5.41, 5.74) is 0. The molecular formula is C24H51NaO2. The molecule has 0 heterocycles. The van der Waals surface area contributed by atoms with Crippen LogP contribution >= 0.6 is 0 Å². The van der Waals surface area contributed by atoms with Crippen LogP contribution in [0.25, 0.3) is 0 Å². The Hall–Kier alpha value is 0.920. The third-order valence-corrected chi connectivity index (χ3v) is 5.36. The number of ether oxygens (including phenoxy) is 1. The van der Waals surface area contributed by atoms with E-state index in [1.807, 2.05) is 0 Å². The van der Waals surface area contributed by atoms with E-state index in [2.05, 4.69) is 13.8 Å². The smallest absolute Gasteiger partial charge is 1.00 e. The van der Waals surface area contributed by atoms with E-state index in [1.165, 1.54) is 109 Å². The van der Waals surface area contributed by atoms with Crippen LogP contribution in [0.15, 0.2) is 0 Å². The predicted molar refractivity (Wildman–Crippen MR) is 117 cm³/mol. The van der Waals surface area contributed by atoms with Crippen molar-refractivity contribution >= 4 is 0 Å². The molecule has 0 aliphatic carbocycles. The maximum absolute atomic E-state index is 9.87. The van der Waals surface area contributed by atoms with E-state index >= 15 is 0 Å². The Balaban J connectivity index is -0.00000312. The molecule has 0 saturated heterocycles. The summed E-state index contributed by atoms with van der Waals surface area (Å²) >= 11 is 0. The number of hydrogen-bond acceptors (Lipinski definition) is 2. The van der Waals surface area contributed by atoms with Gasteiger partial charge in [0.2, 0.25) is 0 Å². The van der Waals surface area contributed by atoms with Crippen LogP contribution in [-0.2, 0) is 4.74 Å². The molecule has 1 atom stereocenters. The van der Waals surface area contributed by atoms with Crippen LogP contribution in [0, 0.1) is 0 Å². The first-order valence-corrected chi connectivity index (χ1v) is 12.1. The van der Waals surface area contributed by atoms with Crippen molar-refractivity contribution in [1.82, 2.24) is 0 Å². The van der Waals surface area contributed by atoms with Gasteiger partial charge in [0, 0.05) is 6.61 Å². The van der Waals surface area contributed by atoms with E-state index in [-0.39, 0.29) is 31.0 Å². The molecule has 0 spiro atoms. The van der Waals surface area contributed by atoms with Crippen LogP contribution in [0.1, 0.15) is 144 Å². The van der Waals surface area contributed by atoms with Gasteiger partial charge in [-0.25, -0.2) is 0 Å². The van der Waals surface area contributed by atoms with Gasteiger partial charge in [-0.1, -0.05) is 123 Å². The van der Waals surface area contributed by atoms with Gasteiger partial charge >= 0.3 is 29.6 Å². The molecule has 0 fully saturated rings. The third-order valence-electron chi connectivity index (χ3n) is 5.36. The van der Waals surface area contributed by atoms with Crippen molar-refractivity contribution < 1.29 is 40.8 Å². The molecule has 1 N–H and O–H groups in total. The van der Waals surface area contributed by atoms with Crippen molar-refractivity contribution in [3.63, 3.8) is 0 Å². The van der Waals surface area contributed by atoms with E-state index in [0.29, 0.717) is 0 Å². The molecule has 0 aliphatic rings. The molecule has 0 aromatic rings. The molecule has 0 aliphatic heterocycles. The van der Waals surface area contributed by atoms with Gasteiger partial charge in [0.1, 0.15) is 0 Å². The van der Waals surface area contributed by atoms with E-state index in [9.17, 15) is 5.11 Å². The second-order valence-electron chi connectivity index (χ2n) is 8.12. The van der Waals surface area contributed by atoms with Crippen LogP contribution in [0.5, 0.6) is 0 Å². The average Bonchev–Trinajstić information content (AvgIpc) is 2.64. The van der Waals surface area contributed by atoms with E-state index in [0.717, 1.165) is 25.9 Å². The van der Waals surface area contributed by atoms with Crippen LogP contribution in [0.4, 0.5) is 0 Å². The molecule has 0 bridgehead atoms. The second kappa shape index (κ2) is 26.9. The largest absolute Gasteiger partial charge is 1.00 e. The molecule has 0 amide bonds. The molecule has 0 saturated carbocycles. The molecule has 0 aromatic carbocycles. The Bertz CT molecular complexity index is 255. The average molecular weight is 395 g/mol. The van der Waals surface area contributed by atoms with E-state index in [4.69, 9.17) is 4.74 Å². The molecule has 1 unspecified atom stereocenters. The standard InChI is InChI=1S/C24H50O2.Na.H/c1-3-5-7-9-11-13-15-17-19-21-23-26-24(25)22-20-18-16-14-12-10-8-6-4-2;;/h24-25H,3-23H2,1-2H3;;/q;+1;-1. The Morgan fingerprint density at radius 1 is 0.556 bits per heavy atom. The van der Waals surface area contributed by atoms with Crippen LogP contribution in [0.2, 0.25) is 0 Å². The molecule has 0 rings (SSSR count). The van der Waals surface area contributed by atoms with Gasteiger partial charge in [-0.3, -0.25) is 0 Å². The minimum absolute atomic E-state index is 0. The molecule has 3 heteroatoms. The van der Waals surface area contributed by atoms with Crippen LogP contribution < -0.4 is 29.6 Å². The van der Waals surface area contributed by atoms with Gasteiger partial charge in [0.05, 0.1) is 0 Å². The zero-order valence-corrected chi connectivity index (χ0v) is 21.3. The minimum atomic E-state index is -0.530. The third kappa shape index (κ3) is 26.9. The quantitative estimate of drug-likeness (QED) is 0.154. The summed E-state index contributed by atoms with van der Waals surface area (Å²) in [5, 5.41) is 9.87. The SMILES string of the molecule is CCCCCCCCCCCCOC(O)CCCCCCCCCCC.[H-].[Na+]. The van der Waals surface area contributed by atoms with Gasteiger partial charge < -0.3 is 11.3 Å². The number of unbranched alkanes of at least 4 members (excludes halogenated alkanes) is 17. The normalized spacial score (nSPS) is 12.1. The number of aliphatic hydroxyl groups excluding tert-OH is 1. The summed E-state index contributed by atoms with van der Waals surface area (Å²) in [6.45, 7) is 5.27. The molecule has 27 heavy (non-hydrogen) atoms. The zero-order valence-electron chi connectivity index (χ0n) is 20.3. The molecule has 2 nitrogen and oxygen atoms in total. The van der Waals surface area contributed by atoms with Gasteiger partial charge in [0.15, 0.2) is 6.29 Å². The number of rotatable bonds is 22. The zero-order chi connectivity index (χ0) is 19.1. The Morgan fingerprint density at radius 2 is 0.889 bits per heavy atom. The predicted octanol–water partition coefficient (Wildman–Crippen LogP) is 5.28. The summed E-state index contributed by atoms with van der Waals surface area (Å²) in [7, 11) is 0. The van der Waals surface area contributed by atoms with Crippen molar-refractivity contribution in [2.24, 2.45) is 0 Å². The first-order chi connectivity index (χ1) is 12.8. The van der Waals surface area contributed by atoms with Gasteiger partial charge in [-0.15, -0.1) is 0 Å². The van der Waals surface area contributed by atoms with Crippen molar-refractivity contribution in [2.75, 3.05) is 6.61 Å². The van der Waals surface area contributed by atoms with Crippen LogP contribution in [-0.4, -0.2) is 18.0 Å². The minimum Gasteiger partial charge on any atom is -1.00 e. The van der Waals surface area contributed by atoms with Crippen molar-refractivity contribution in [3.05, 3.63) is 0 Å². The summed E-state index contributed by atoms with van der Waals surface area (Å²) in [6.07, 6.45) is 25.6. The maximum Gasteiger partial charge on any atom is 1.00 e. The van der Waals surface area contributed by atoms with E-state index < -0.39 is 6.29 Å². The summed E-state index contributed by atoms with van der Waals surface area (Å²) in [6, 6.07) is 0. The van der Waals surface area contributed by atoms with Gasteiger partial charge in [-0.2, -0.15) is 0 Å². The summed E-state index contributed by atoms with van der Waals surface area (Å²) in [4.78, 5) is 0. The Labute approximate surface area is 195 Å². The Kier molecular flexibility index (Phi) is 30.0. The first-order valence-electron chi connectivity index (χ1n) is 12.1. The second-order valence-corrected chi connectivity index (χ2v) is 8.12.